The summed E-state index contributed by atoms with van der Waals surface area (Å²) in [6, 6.07) is 7.34. The molecular formula is C12H12ClN5. The molecule has 1 aromatic carbocycles. The second-order valence-electron chi connectivity index (χ2n) is 3.77. The number of nitriles is 1. The molecule has 1 heterocycles. The van der Waals surface area contributed by atoms with Gasteiger partial charge in [-0.2, -0.15) is 10.4 Å². The average molecular weight is 262 g/mol. The third-order valence-electron chi connectivity index (χ3n) is 2.47. The first kappa shape index (κ1) is 12.4. The molecule has 0 aliphatic carbocycles. The number of nitrogens with one attached hydrogen (secondary N) is 2. The summed E-state index contributed by atoms with van der Waals surface area (Å²) in [4.78, 5) is 4.05. The Kier molecular flexibility index (Phi) is 4.15. The fourth-order valence-corrected chi connectivity index (χ4v) is 1.78. The van der Waals surface area contributed by atoms with Gasteiger partial charge in [-0.25, -0.2) is 4.98 Å². The van der Waals surface area contributed by atoms with Gasteiger partial charge >= 0.3 is 0 Å². The number of rotatable bonds is 5. The Bertz CT molecular complexity index is 544. The molecule has 2 N–H and O–H groups in total. The molecule has 0 aliphatic rings. The number of hydrogen-bond acceptors (Lipinski definition) is 4. The molecule has 0 saturated carbocycles. The van der Waals surface area contributed by atoms with Crippen LogP contribution < -0.4 is 5.32 Å². The van der Waals surface area contributed by atoms with E-state index in [1.165, 1.54) is 6.33 Å². The molecule has 0 aliphatic heterocycles. The molecule has 0 bridgehead atoms. The van der Waals surface area contributed by atoms with Crippen molar-refractivity contribution in [2.24, 2.45) is 0 Å². The Morgan fingerprint density at radius 1 is 1.44 bits per heavy atom. The largest absolute Gasteiger partial charge is 0.385 e. The van der Waals surface area contributed by atoms with Crippen LogP contribution >= 0.6 is 11.6 Å². The Morgan fingerprint density at radius 3 is 3.00 bits per heavy atom. The minimum Gasteiger partial charge on any atom is -0.385 e. The van der Waals surface area contributed by atoms with Crippen LogP contribution in [0.2, 0.25) is 5.02 Å². The van der Waals surface area contributed by atoms with Crippen LogP contribution in [0.5, 0.6) is 0 Å². The number of nitrogens with zero attached hydrogens (tertiary/aromatic N) is 3. The van der Waals surface area contributed by atoms with Crippen LogP contribution in [-0.2, 0) is 6.42 Å². The van der Waals surface area contributed by atoms with Crippen molar-refractivity contribution < 1.29 is 0 Å². The molecule has 18 heavy (non-hydrogen) atoms. The van der Waals surface area contributed by atoms with Gasteiger partial charge in [0.15, 0.2) is 0 Å². The van der Waals surface area contributed by atoms with Gasteiger partial charge in [0, 0.05) is 18.7 Å². The van der Waals surface area contributed by atoms with Gasteiger partial charge in [0.1, 0.15) is 18.2 Å². The Morgan fingerprint density at radius 2 is 2.33 bits per heavy atom. The van der Waals surface area contributed by atoms with Crippen molar-refractivity contribution in [1.29, 1.82) is 5.26 Å². The molecule has 0 unspecified atom stereocenters. The molecule has 0 radical (unpaired) electrons. The Labute approximate surface area is 110 Å². The number of H-pyrrole nitrogens is 1. The first-order chi connectivity index (χ1) is 8.79. The molecule has 0 spiro atoms. The van der Waals surface area contributed by atoms with E-state index in [2.05, 4.69) is 20.5 Å². The first-order valence-corrected chi connectivity index (χ1v) is 5.95. The SMILES string of the molecule is N#Cc1ccc(NCCCc2ncn[nH]2)cc1Cl. The fourth-order valence-electron chi connectivity index (χ4n) is 1.56. The molecule has 0 saturated heterocycles. The van der Waals surface area contributed by atoms with Crippen molar-refractivity contribution in [2.45, 2.75) is 12.8 Å². The number of hydrogen-bond donors (Lipinski definition) is 2. The van der Waals surface area contributed by atoms with Crippen LogP contribution in [-0.4, -0.2) is 21.7 Å². The number of aromatic amines is 1. The Hall–Kier alpha value is -2.06. The standard InChI is InChI=1S/C12H12ClN5/c13-11-6-10(4-3-9(11)7-14)15-5-1-2-12-16-8-17-18-12/h3-4,6,8,15H,1-2,5H2,(H,16,17,18). The lowest BCUT2D eigenvalue weighted by Gasteiger charge is -2.06. The van der Waals surface area contributed by atoms with E-state index >= 15 is 0 Å². The van der Waals surface area contributed by atoms with Crippen LogP contribution in [0.25, 0.3) is 0 Å². The highest BCUT2D eigenvalue weighted by atomic mass is 35.5. The first-order valence-electron chi connectivity index (χ1n) is 5.57. The zero-order valence-electron chi connectivity index (χ0n) is 9.65. The molecule has 1 aromatic heterocycles. The van der Waals surface area contributed by atoms with Gasteiger partial charge in [-0.15, -0.1) is 0 Å². The van der Waals surface area contributed by atoms with E-state index in [0.717, 1.165) is 30.9 Å². The third kappa shape index (κ3) is 3.22. The second-order valence-corrected chi connectivity index (χ2v) is 4.18. The minimum atomic E-state index is 0.470. The van der Waals surface area contributed by atoms with Gasteiger partial charge in [-0.3, -0.25) is 5.10 Å². The zero-order valence-corrected chi connectivity index (χ0v) is 10.4. The summed E-state index contributed by atoms with van der Waals surface area (Å²) in [5.74, 6) is 0.884. The van der Waals surface area contributed by atoms with Gasteiger partial charge in [0.05, 0.1) is 10.6 Å². The quantitative estimate of drug-likeness (QED) is 0.810. The summed E-state index contributed by atoms with van der Waals surface area (Å²) in [6.07, 6.45) is 3.28. The number of halogens is 1. The molecule has 0 fully saturated rings. The molecular weight excluding hydrogens is 250 g/mol. The fraction of sp³-hybridized carbons (Fsp3) is 0.250. The van der Waals surface area contributed by atoms with Gasteiger partial charge < -0.3 is 5.32 Å². The van der Waals surface area contributed by atoms with Crippen LogP contribution in [0.3, 0.4) is 0 Å². The van der Waals surface area contributed by atoms with Crippen molar-refractivity contribution in [3.63, 3.8) is 0 Å². The summed E-state index contributed by atoms with van der Waals surface area (Å²) in [7, 11) is 0. The summed E-state index contributed by atoms with van der Waals surface area (Å²) in [5.41, 5.74) is 1.40. The van der Waals surface area contributed by atoms with Crippen LogP contribution in [0.15, 0.2) is 24.5 Å². The van der Waals surface area contributed by atoms with E-state index in [1.54, 1.807) is 12.1 Å². The van der Waals surface area contributed by atoms with Crippen LogP contribution in [0.1, 0.15) is 17.8 Å². The molecule has 0 amide bonds. The van der Waals surface area contributed by atoms with E-state index in [1.807, 2.05) is 12.1 Å². The van der Waals surface area contributed by atoms with Gasteiger partial charge in [-0.1, -0.05) is 11.6 Å². The predicted molar refractivity (Wildman–Crippen MR) is 69.4 cm³/mol. The smallest absolute Gasteiger partial charge is 0.137 e. The van der Waals surface area contributed by atoms with Crippen LogP contribution in [0, 0.1) is 11.3 Å². The van der Waals surface area contributed by atoms with E-state index in [4.69, 9.17) is 16.9 Å². The topological polar surface area (TPSA) is 77.4 Å². The normalized spacial score (nSPS) is 10.0. The monoisotopic (exact) mass is 261 g/mol. The van der Waals surface area contributed by atoms with E-state index in [9.17, 15) is 0 Å². The molecule has 5 nitrogen and oxygen atoms in total. The maximum Gasteiger partial charge on any atom is 0.137 e. The maximum absolute atomic E-state index is 8.76. The lowest BCUT2D eigenvalue weighted by molar-refractivity contribution is 0.806. The van der Waals surface area contributed by atoms with Gasteiger partial charge in [0.2, 0.25) is 0 Å². The van der Waals surface area contributed by atoms with Crippen molar-refractivity contribution in [3.05, 3.63) is 40.9 Å². The number of benzene rings is 1. The van der Waals surface area contributed by atoms with Crippen molar-refractivity contribution in [2.75, 3.05) is 11.9 Å². The summed E-state index contributed by atoms with van der Waals surface area (Å²) in [6.45, 7) is 0.808. The zero-order chi connectivity index (χ0) is 12.8. The molecule has 2 rings (SSSR count). The summed E-state index contributed by atoms with van der Waals surface area (Å²) >= 11 is 5.94. The highest BCUT2D eigenvalue weighted by Crippen LogP contribution is 2.20. The van der Waals surface area contributed by atoms with E-state index in [-0.39, 0.29) is 0 Å². The summed E-state index contributed by atoms with van der Waals surface area (Å²) in [5, 5.41) is 19.1. The molecule has 2 aromatic rings. The second kappa shape index (κ2) is 6.03. The predicted octanol–water partition coefficient (Wildman–Crippen LogP) is 2.37. The lowest BCUT2D eigenvalue weighted by atomic mass is 10.2. The van der Waals surface area contributed by atoms with Gasteiger partial charge in [-0.05, 0) is 24.6 Å². The van der Waals surface area contributed by atoms with E-state index in [0.29, 0.717) is 10.6 Å². The summed E-state index contributed by atoms with van der Waals surface area (Å²) < 4.78 is 0. The average Bonchev–Trinajstić information content (AvgIpc) is 2.88. The number of aryl methyl sites for hydroxylation is 1. The number of aromatic nitrogens is 3. The third-order valence-corrected chi connectivity index (χ3v) is 2.79. The highest BCUT2D eigenvalue weighted by Gasteiger charge is 2.01. The molecule has 6 heteroatoms. The van der Waals surface area contributed by atoms with Crippen molar-refractivity contribution in [1.82, 2.24) is 15.2 Å². The number of anilines is 1. The highest BCUT2D eigenvalue weighted by molar-refractivity contribution is 6.32. The van der Waals surface area contributed by atoms with E-state index < -0.39 is 0 Å². The lowest BCUT2D eigenvalue weighted by Crippen LogP contribution is -2.03. The van der Waals surface area contributed by atoms with Gasteiger partial charge in [0.25, 0.3) is 0 Å². The molecule has 92 valence electrons. The minimum absolute atomic E-state index is 0.470. The van der Waals surface area contributed by atoms with Crippen molar-refractivity contribution >= 4 is 17.3 Å². The van der Waals surface area contributed by atoms with Crippen LogP contribution in [0.4, 0.5) is 5.69 Å². The van der Waals surface area contributed by atoms with Crippen molar-refractivity contribution in [3.8, 4) is 6.07 Å². The maximum atomic E-state index is 8.76. The Balaban J connectivity index is 1.80. The molecule has 0 atom stereocenters.